The number of amides is 1. The van der Waals surface area contributed by atoms with Crippen molar-refractivity contribution in [3.8, 4) is 5.75 Å². The molecule has 4 aromatic carbocycles. The fourth-order valence-electron chi connectivity index (χ4n) is 3.44. The van der Waals surface area contributed by atoms with Crippen LogP contribution in [0.1, 0.15) is 11.1 Å². The van der Waals surface area contributed by atoms with Crippen molar-refractivity contribution in [1.82, 2.24) is 5.43 Å². The van der Waals surface area contributed by atoms with Crippen LogP contribution in [0.15, 0.2) is 113 Å². The number of rotatable bonds is 10. The predicted octanol–water partition coefficient (Wildman–Crippen LogP) is 5.40. The Kier molecular flexibility index (Phi) is 8.73. The second kappa shape index (κ2) is 12.4. The fraction of sp³-hybridized carbons (Fsp3) is 0.0714. The Bertz CT molecular complexity index is 1530. The summed E-state index contributed by atoms with van der Waals surface area (Å²) in [7, 11) is -4.22. The van der Waals surface area contributed by atoms with Gasteiger partial charge in [-0.25, -0.2) is 18.2 Å². The second-order valence-electron chi connectivity index (χ2n) is 8.02. The molecule has 7 nitrogen and oxygen atoms in total. The van der Waals surface area contributed by atoms with E-state index < -0.39 is 28.3 Å². The molecule has 0 saturated carbocycles. The van der Waals surface area contributed by atoms with E-state index in [1.54, 1.807) is 48.5 Å². The molecule has 0 saturated heterocycles. The van der Waals surface area contributed by atoms with E-state index in [4.69, 9.17) is 16.3 Å². The molecule has 10 heteroatoms. The maximum absolute atomic E-state index is 14.5. The normalized spacial score (nSPS) is 11.3. The average molecular weight is 552 g/mol. The minimum Gasteiger partial charge on any atom is -0.489 e. The minimum absolute atomic E-state index is 0.0728. The first-order valence-electron chi connectivity index (χ1n) is 11.4. The van der Waals surface area contributed by atoms with Crippen LogP contribution in [0.3, 0.4) is 0 Å². The van der Waals surface area contributed by atoms with E-state index in [2.05, 4.69) is 10.5 Å². The van der Waals surface area contributed by atoms with Crippen LogP contribution < -0.4 is 14.5 Å². The van der Waals surface area contributed by atoms with Gasteiger partial charge in [-0.15, -0.1) is 0 Å². The van der Waals surface area contributed by atoms with Crippen LogP contribution in [0, 0.1) is 5.82 Å². The quantitative estimate of drug-likeness (QED) is 0.211. The van der Waals surface area contributed by atoms with Gasteiger partial charge in [0.15, 0.2) is 0 Å². The first-order chi connectivity index (χ1) is 18.3. The van der Waals surface area contributed by atoms with Gasteiger partial charge in [-0.2, -0.15) is 5.10 Å². The smallest absolute Gasteiger partial charge is 0.264 e. The molecule has 4 rings (SSSR count). The molecule has 0 atom stereocenters. The highest BCUT2D eigenvalue weighted by Gasteiger charge is 2.28. The lowest BCUT2D eigenvalue weighted by Gasteiger charge is -2.24. The summed E-state index contributed by atoms with van der Waals surface area (Å²) in [5.74, 6) is -0.901. The lowest BCUT2D eigenvalue weighted by molar-refractivity contribution is -0.119. The Balaban J connectivity index is 1.40. The number of para-hydroxylation sites is 1. The molecule has 0 aromatic heterocycles. The third-order valence-electron chi connectivity index (χ3n) is 5.37. The summed E-state index contributed by atoms with van der Waals surface area (Å²) in [6, 6.07) is 27.2. The predicted molar refractivity (Wildman–Crippen MR) is 145 cm³/mol. The number of nitrogens with one attached hydrogen (secondary N) is 1. The minimum atomic E-state index is -4.22. The van der Waals surface area contributed by atoms with Gasteiger partial charge in [0, 0.05) is 10.6 Å². The zero-order valence-corrected chi connectivity index (χ0v) is 21.6. The largest absolute Gasteiger partial charge is 0.489 e. The Morgan fingerprint density at radius 2 is 1.58 bits per heavy atom. The fourth-order valence-corrected chi connectivity index (χ4v) is 5.08. The van der Waals surface area contributed by atoms with E-state index in [0.717, 1.165) is 11.6 Å². The van der Waals surface area contributed by atoms with Gasteiger partial charge < -0.3 is 4.74 Å². The van der Waals surface area contributed by atoms with Crippen molar-refractivity contribution in [1.29, 1.82) is 0 Å². The highest BCUT2D eigenvalue weighted by molar-refractivity contribution is 7.92. The molecule has 0 aliphatic rings. The number of halogens is 2. The molecular weight excluding hydrogens is 529 g/mol. The summed E-state index contributed by atoms with van der Waals surface area (Å²) >= 11 is 6.14. The molecule has 0 bridgehead atoms. The van der Waals surface area contributed by atoms with Gasteiger partial charge >= 0.3 is 0 Å². The van der Waals surface area contributed by atoms with Crippen LogP contribution in [0.5, 0.6) is 5.75 Å². The van der Waals surface area contributed by atoms with Crippen LogP contribution in [-0.4, -0.2) is 27.1 Å². The van der Waals surface area contributed by atoms with Gasteiger partial charge in [-0.1, -0.05) is 60.1 Å². The lowest BCUT2D eigenvalue weighted by atomic mass is 10.2. The highest BCUT2D eigenvalue weighted by atomic mass is 35.5. The zero-order valence-electron chi connectivity index (χ0n) is 20.0. The number of anilines is 1. The summed E-state index contributed by atoms with van der Waals surface area (Å²) in [6.07, 6.45) is 1.40. The monoisotopic (exact) mass is 551 g/mol. The average Bonchev–Trinajstić information content (AvgIpc) is 2.93. The molecule has 38 heavy (non-hydrogen) atoms. The SMILES string of the molecule is O=C(CN(c1ccccc1F)S(=O)(=O)c1ccccc1)N/N=C\c1ccc(OCc2ccccc2Cl)cc1. The van der Waals surface area contributed by atoms with E-state index in [1.807, 2.05) is 18.2 Å². The molecule has 0 aliphatic carbocycles. The summed E-state index contributed by atoms with van der Waals surface area (Å²) in [5, 5.41) is 4.52. The summed E-state index contributed by atoms with van der Waals surface area (Å²) in [4.78, 5) is 12.6. The Morgan fingerprint density at radius 1 is 0.921 bits per heavy atom. The maximum Gasteiger partial charge on any atom is 0.264 e. The molecule has 0 heterocycles. The molecule has 1 amide bonds. The molecule has 0 spiro atoms. The van der Waals surface area contributed by atoms with E-state index in [9.17, 15) is 17.6 Å². The van der Waals surface area contributed by atoms with Crippen molar-refractivity contribution in [3.63, 3.8) is 0 Å². The van der Waals surface area contributed by atoms with E-state index in [0.29, 0.717) is 27.2 Å². The maximum atomic E-state index is 14.5. The highest BCUT2D eigenvalue weighted by Crippen LogP contribution is 2.26. The Morgan fingerprint density at radius 3 is 2.29 bits per heavy atom. The van der Waals surface area contributed by atoms with Crippen LogP contribution in [0.25, 0.3) is 0 Å². The van der Waals surface area contributed by atoms with Gasteiger partial charge in [-0.05, 0) is 60.2 Å². The topological polar surface area (TPSA) is 88.1 Å². The van der Waals surface area contributed by atoms with Gasteiger partial charge in [0.1, 0.15) is 24.7 Å². The van der Waals surface area contributed by atoms with Crippen molar-refractivity contribution in [2.75, 3.05) is 10.8 Å². The Labute approximate surface area is 225 Å². The van der Waals surface area contributed by atoms with Crippen molar-refractivity contribution in [2.45, 2.75) is 11.5 Å². The number of benzene rings is 4. The summed E-state index contributed by atoms with van der Waals surface area (Å²) in [5.41, 5.74) is 3.58. The van der Waals surface area contributed by atoms with Crippen LogP contribution >= 0.6 is 11.6 Å². The second-order valence-corrected chi connectivity index (χ2v) is 10.3. The number of carbonyl (C=O) groups is 1. The number of ether oxygens (including phenoxy) is 1. The number of hydrogen-bond donors (Lipinski definition) is 1. The number of sulfonamides is 1. The van der Waals surface area contributed by atoms with E-state index >= 15 is 0 Å². The first-order valence-corrected chi connectivity index (χ1v) is 13.3. The van der Waals surface area contributed by atoms with Crippen molar-refractivity contribution in [3.05, 3.63) is 125 Å². The molecule has 1 N–H and O–H groups in total. The standard InChI is InChI=1S/C28H23ClFN3O4S/c29-25-11-5-4-8-22(25)20-37-23-16-14-21(15-17-23)18-31-32-28(34)19-33(27-13-7-6-12-26(27)30)38(35,36)24-9-2-1-3-10-24/h1-18H,19-20H2,(H,32,34)/b31-18-. The third kappa shape index (κ3) is 6.76. The van der Waals surface area contributed by atoms with Gasteiger partial charge in [0.05, 0.1) is 16.8 Å². The third-order valence-corrected chi connectivity index (χ3v) is 7.52. The Hall–Kier alpha value is -4.21. The van der Waals surface area contributed by atoms with Gasteiger partial charge in [-0.3, -0.25) is 9.10 Å². The molecular formula is C28H23ClFN3O4S. The van der Waals surface area contributed by atoms with E-state index in [-0.39, 0.29) is 10.6 Å². The van der Waals surface area contributed by atoms with Crippen LogP contribution in [-0.2, 0) is 21.4 Å². The number of nitrogens with zero attached hydrogens (tertiary/aromatic N) is 2. The molecule has 0 radical (unpaired) electrons. The molecule has 0 fully saturated rings. The molecule has 0 unspecified atom stereocenters. The number of carbonyl (C=O) groups excluding carboxylic acids is 1. The zero-order chi connectivity index (χ0) is 27.0. The summed E-state index contributed by atoms with van der Waals surface area (Å²) in [6.45, 7) is -0.363. The van der Waals surface area contributed by atoms with Gasteiger partial charge in [0.25, 0.3) is 15.9 Å². The molecule has 4 aromatic rings. The molecule has 0 aliphatic heterocycles. The number of hydrogen-bond acceptors (Lipinski definition) is 5. The lowest BCUT2D eigenvalue weighted by Crippen LogP contribution is -2.40. The van der Waals surface area contributed by atoms with Crippen LogP contribution in [0.4, 0.5) is 10.1 Å². The van der Waals surface area contributed by atoms with Crippen molar-refractivity contribution >= 4 is 39.4 Å². The van der Waals surface area contributed by atoms with Crippen molar-refractivity contribution < 1.29 is 22.3 Å². The van der Waals surface area contributed by atoms with Gasteiger partial charge in [0.2, 0.25) is 0 Å². The van der Waals surface area contributed by atoms with E-state index in [1.165, 1.54) is 36.5 Å². The van der Waals surface area contributed by atoms with Crippen molar-refractivity contribution in [2.24, 2.45) is 5.10 Å². The molecule has 194 valence electrons. The van der Waals surface area contributed by atoms with Crippen LogP contribution in [0.2, 0.25) is 5.02 Å². The summed E-state index contributed by atoms with van der Waals surface area (Å²) < 4.78 is 47.5. The number of hydrazone groups is 1. The first kappa shape index (κ1) is 26.8.